The Morgan fingerprint density at radius 1 is 0.853 bits per heavy atom. The molecule has 0 heterocycles. The third-order valence-corrected chi connectivity index (χ3v) is 6.87. The molecule has 8 nitrogen and oxygen atoms in total. The quantitative estimate of drug-likeness (QED) is 0.430. The average Bonchev–Trinajstić information content (AvgIpc) is 3.33. The summed E-state index contributed by atoms with van der Waals surface area (Å²) in [5, 5.41) is 0. The Labute approximate surface area is 198 Å². The first kappa shape index (κ1) is 23.5. The van der Waals surface area contributed by atoms with Crippen LogP contribution in [-0.2, 0) is 34.2 Å². The van der Waals surface area contributed by atoms with Gasteiger partial charge in [0.1, 0.15) is 5.75 Å². The van der Waals surface area contributed by atoms with Crippen LogP contribution < -0.4 is 20.3 Å². The van der Waals surface area contributed by atoms with Crippen LogP contribution in [0.5, 0.6) is 5.75 Å². The van der Waals surface area contributed by atoms with Crippen molar-refractivity contribution in [1.82, 2.24) is 15.6 Å². The fourth-order valence-corrected chi connectivity index (χ4v) is 4.75. The maximum atomic E-state index is 12.6. The van der Waals surface area contributed by atoms with Gasteiger partial charge in [0.15, 0.2) is 6.61 Å². The monoisotopic (exact) mass is 479 g/mol. The Morgan fingerprint density at radius 3 is 2.47 bits per heavy atom. The molecule has 0 spiro atoms. The van der Waals surface area contributed by atoms with Crippen LogP contribution in [-0.4, -0.2) is 26.8 Å². The highest BCUT2D eigenvalue weighted by molar-refractivity contribution is 7.89. The molecule has 0 aromatic heterocycles. The van der Waals surface area contributed by atoms with Crippen LogP contribution in [0.2, 0.25) is 0 Å². The lowest BCUT2D eigenvalue weighted by atomic mass is 10.1. The summed E-state index contributed by atoms with van der Waals surface area (Å²) in [5.41, 5.74) is 8.00. The minimum Gasteiger partial charge on any atom is -0.484 e. The lowest BCUT2D eigenvalue weighted by molar-refractivity contribution is -0.123. The Balaban J connectivity index is 1.29. The first-order valence-electron chi connectivity index (χ1n) is 10.9. The van der Waals surface area contributed by atoms with Gasteiger partial charge >= 0.3 is 0 Å². The van der Waals surface area contributed by atoms with Crippen molar-refractivity contribution in [1.29, 1.82) is 0 Å². The number of nitrogens with one attached hydrogen (secondary N) is 3. The standard InChI is InChI=1S/C25H25N3O5S/c29-24(17-33-22-13-12-19-8-4-9-20(19)14-22)27-28-25(30)21-10-5-11-23(15-21)34(31,32)26-16-18-6-2-1-3-7-18/h1-3,5-7,10-15,26H,4,8-9,16-17H2,(H,27,29)(H,28,30). The molecule has 1 aliphatic carbocycles. The Bertz CT molecular complexity index is 1290. The second-order valence-corrected chi connectivity index (χ2v) is 9.68. The van der Waals surface area contributed by atoms with Gasteiger partial charge in [0.05, 0.1) is 4.90 Å². The minimum atomic E-state index is -3.83. The molecule has 0 bridgehead atoms. The highest BCUT2D eigenvalue weighted by Crippen LogP contribution is 2.25. The number of carbonyl (C=O) groups excluding carboxylic acids is 2. The molecule has 4 rings (SSSR count). The summed E-state index contributed by atoms with van der Waals surface area (Å²) in [7, 11) is -3.83. The van der Waals surface area contributed by atoms with Crippen LogP contribution in [0.1, 0.15) is 33.5 Å². The van der Waals surface area contributed by atoms with E-state index >= 15 is 0 Å². The third-order valence-electron chi connectivity index (χ3n) is 5.47. The molecule has 0 radical (unpaired) electrons. The molecule has 0 unspecified atom stereocenters. The SMILES string of the molecule is O=C(COc1ccc2c(c1)CCC2)NNC(=O)c1cccc(S(=O)(=O)NCc2ccccc2)c1. The topological polar surface area (TPSA) is 114 Å². The van der Waals surface area contributed by atoms with E-state index in [9.17, 15) is 18.0 Å². The number of carbonyl (C=O) groups is 2. The van der Waals surface area contributed by atoms with E-state index in [0.29, 0.717) is 5.75 Å². The zero-order valence-corrected chi connectivity index (χ0v) is 19.2. The molecule has 0 saturated heterocycles. The van der Waals surface area contributed by atoms with Crippen LogP contribution in [0, 0.1) is 0 Å². The van der Waals surface area contributed by atoms with Crippen LogP contribution in [0.4, 0.5) is 0 Å². The van der Waals surface area contributed by atoms with Crippen molar-refractivity contribution in [2.45, 2.75) is 30.7 Å². The number of hydrogen-bond acceptors (Lipinski definition) is 5. The van der Waals surface area contributed by atoms with Crippen LogP contribution in [0.3, 0.4) is 0 Å². The van der Waals surface area contributed by atoms with Crippen molar-refractivity contribution in [2.24, 2.45) is 0 Å². The maximum Gasteiger partial charge on any atom is 0.276 e. The van der Waals surface area contributed by atoms with Gasteiger partial charge in [-0.2, -0.15) is 0 Å². The molecule has 0 fully saturated rings. The summed E-state index contributed by atoms with van der Waals surface area (Å²) in [6.45, 7) is -0.142. The van der Waals surface area contributed by atoms with Crippen molar-refractivity contribution >= 4 is 21.8 Å². The normalized spacial score (nSPS) is 12.6. The molecule has 3 aromatic rings. The predicted molar refractivity (Wildman–Crippen MR) is 126 cm³/mol. The molecule has 3 N–H and O–H groups in total. The largest absolute Gasteiger partial charge is 0.484 e. The van der Waals surface area contributed by atoms with Gasteiger partial charge in [0, 0.05) is 12.1 Å². The first-order chi connectivity index (χ1) is 16.4. The molecule has 0 saturated carbocycles. The van der Waals surface area contributed by atoms with Crippen LogP contribution in [0.25, 0.3) is 0 Å². The molecular formula is C25H25N3O5S. The summed E-state index contributed by atoms with van der Waals surface area (Å²) in [5.74, 6) is -0.587. The lowest BCUT2D eigenvalue weighted by Gasteiger charge is -2.11. The Hall–Kier alpha value is -3.69. The zero-order valence-electron chi connectivity index (χ0n) is 18.4. The predicted octanol–water partition coefficient (Wildman–Crippen LogP) is 2.49. The molecule has 176 valence electrons. The second kappa shape index (κ2) is 10.5. The number of rotatable bonds is 8. The lowest BCUT2D eigenvalue weighted by Crippen LogP contribution is -2.43. The van der Waals surface area contributed by atoms with Gasteiger partial charge in [-0.3, -0.25) is 20.4 Å². The molecule has 0 atom stereocenters. The van der Waals surface area contributed by atoms with Crippen molar-refractivity contribution < 1.29 is 22.7 Å². The number of ether oxygens (including phenoxy) is 1. The van der Waals surface area contributed by atoms with Crippen molar-refractivity contribution in [2.75, 3.05) is 6.61 Å². The first-order valence-corrected chi connectivity index (χ1v) is 12.4. The minimum absolute atomic E-state index is 0.0534. The Morgan fingerprint density at radius 2 is 1.65 bits per heavy atom. The molecule has 0 aliphatic heterocycles. The molecule has 1 aliphatic rings. The number of fused-ring (bicyclic) bond motifs is 1. The molecule has 2 amide bonds. The van der Waals surface area contributed by atoms with Crippen molar-refractivity contribution in [3.63, 3.8) is 0 Å². The van der Waals surface area contributed by atoms with Crippen molar-refractivity contribution in [3.05, 3.63) is 95.1 Å². The molecule has 9 heteroatoms. The third kappa shape index (κ3) is 6.00. The van der Waals surface area contributed by atoms with Gasteiger partial charge in [-0.25, -0.2) is 13.1 Å². The van der Waals surface area contributed by atoms with Gasteiger partial charge in [0.2, 0.25) is 10.0 Å². The van der Waals surface area contributed by atoms with Crippen molar-refractivity contribution in [3.8, 4) is 5.75 Å². The second-order valence-electron chi connectivity index (χ2n) is 7.91. The zero-order chi connectivity index (χ0) is 24.0. The summed E-state index contributed by atoms with van der Waals surface area (Å²) in [6.07, 6.45) is 3.19. The average molecular weight is 480 g/mol. The highest BCUT2D eigenvalue weighted by atomic mass is 32.2. The van der Waals surface area contributed by atoms with Gasteiger partial charge in [-0.05, 0) is 66.3 Å². The Kier molecular flexibility index (Phi) is 7.24. The van der Waals surface area contributed by atoms with E-state index in [-0.39, 0.29) is 23.6 Å². The molecule has 3 aromatic carbocycles. The van der Waals surface area contributed by atoms with Gasteiger partial charge in [0.25, 0.3) is 11.8 Å². The number of sulfonamides is 1. The molecular weight excluding hydrogens is 454 g/mol. The highest BCUT2D eigenvalue weighted by Gasteiger charge is 2.17. The number of hydrazine groups is 1. The summed E-state index contributed by atoms with van der Waals surface area (Å²) in [4.78, 5) is 24.4. The fraction of sp³-hybridized carbons (Fsp3) is 0.200. The van der Waals surface area contributed by atoms with Gasteiger partial charge < -0.3 is 4.74 Å². The number of benzene rings is 3. The number of aryl methyl sites for hydroxylation is 2. The van der Waals surface area contributed by atoms with E-state index in [1.807, 2.05) is 48.5 Å². The fourth-order valence-electron chi connectivity index (χ4n) is 3.68. The van der Waals surface area contributed by atoms with E-state index in [2.05, 4.69) is 15.6 Å². The summed E-state index contributed by atoms with van der Waals surface area (Å²) < 4.78 is 33.2. The maximum absolute atomic E-state index is 12.6. The van der Waals surface area contributed by atoms with Gasteiger partial charge in [-0.1, -0.05) is 42.5 Å². The van der Waals surface area contributed by atoms with Crippen LogP contribution >= 0.6 is 0 Å². The van der Waals surface area contributed by atoms with E-state index in [4.69, 9.17) is 4.74 Å². The summed E-state index contributed by atoms with van der Waals surface area (Å²) in [6, 6.07) is 20.4. The number of amides is 2. The van der Waals surface area contributed by atoms with Gasteiger partial charge in [-0.15, -0.1) is 0 Å². The van der Waals surface area contributed by atoms with Crippen LogP contribution in [0.15, 0.2) is 77.7 Å². The van der Waals surface area contributed by atoms with E-state index in [1.165, 1.54) is 35.4 Å². The molecule has 34 heavy (non-hydrogen) atoms. The van der Waals surface area contributed by atoms with E-state index < -0.39 is 21.8 Å². The van der Waals surface area contributed by atoms with E-state index in [0.717, 1.165) is 24.8 Å². The smallest absolute Gasteiger partial charge is 0.276 e. The number of hydrogen-bond donors (Lipinski definition) is 3. The van der Waals surface area contributed by atoms with E-state index in [1.54, 1.807) is 0 Å². The summed E-state index contributed by atoms with van der Waals surface area (Å²) >= 11 is 0.